The number of nitrogens with one attached hydrogen (secondary N) is 2. The Morgan fingerprint density at radius 3 is 2.79 bits per heavy atom. The van der Waals surface area contributed by atoms with Crippen LogP contribution in [0.1, 0.15) is 0 Å². The predicted molar refractivity (Wildman–Crippen MR) is 97.8 cm³/mol. The Kier molecular flexibility index (Phi) is 4.16. The molecule has 1 aliphatic heterocycles. The molecule has 0 saturated heterocycles. The van der Waals surface area contributed by atoms with Gasteiger partial charge in [-0.3, -0.25) is 0 Å². The van der Waals surface area contributed by atoms with Crippen molar-refractivity contribution in [2.75, 3.05) is 7.11 Å². The number of rotatable bonds is 5. The molecule has 0 spiro atoms. The van der Waals surface area contributed by atoms with Crippen molar-refractivity contribution in [2.24, 2.45) is 21.2 Å². The molecule has 2 aromatic heterocycles. The van der Waals surface area contributed by atoms with Crippen LogP contribution in [-0.2, 0) is 10.0 Å². The van der Waals surface area contributed by atoms with Crippen LogP contribution < -0.4 is 19.9 Å². The number of pyridine rings is 1. The van der Waals surface area contributed by atoms with E-state index in [1.807, 2.05) is 0 Å². The fraction of sp³-hybridized carbons (Fsp3) is 0.133. The first-order chi connectivity index (χ1) is 13.4. The van der Waals surface area contributed by atoms with E-state index < -0.39 is 22.3 Å². The van der Waals surface area contributed by atoms with Crippen LogP contribution in [0.15, 0.2) is 44.6 Å². The van der Waals surface area contributed by atoms with Gasteiger partial charge >= 0.3 is 6.09 Å². The third-order valence-corrected chi connectivity index (χ3v) is 5.36. The molecule has 144 valence electrons. The SMILES string of the molecule is COc1cc2c([nH]c3ccc(S(=O)(=O)NC4C=NN=N4)cc32)c(OC(N)=O)n1. The van der Waals surface area contributed by atoms with Gasteiger partial charge in [0.1, 0.15) is 5.52 Å². The maximum atomic E-state index is 12.6. The zero-order chi connectivity index (χ0) is 19.9. The Balaban J connectivity index is 1.86. The van der Waals surface area contributed by atoms with E-state index in [2.05, 4.69) is 30.1 Å². The van der Waals surface area contributed by atoms with Crippen LogP contribution in [0.2, 0.25) is 0 Å². The van der Waals surface area contributed by atoms with Crippen LogP contribution in [0.5, 0.6) is 11.8 Å². The van der Waals surface area contributed by atoms with Crippen molar-refractivity contribution in [2.45, 2.75) is 11.1 Å². The van der Waals surface area contributed by atoms with Gasteiger partial charge in [0.05, 0.1) is 18.2 Å². The molecule has 0 aliphatic carbocycles. The summed E-state index contributed by atoms with van der Waals surface area (Å²) in [5.41, 5.74) is 6.06. The largest absolute Gasteiger partial charge is 0.481 e. The quantitative estimate of drug-likeness (QED) is 0.577. The Labute approximate surface area is 157 Å². The summed E-state index contributed by atoms with van der Waals surface area (Å²) >= 11 is 0. The lowest BCUT2D eigenvalue weighted by Crippen LogP contribution is -2.33. The summed E-state index contributed by atoms with van der Waals surface area (Å²) in [5, 5.41) is 11.6. The van der Waals surface area contributed by atoms with E-state index in [0.29, 0.717) is 21.8 Å². The number of benzene rings is 1. The van der Waals surface area contributed by atoms with E-state index in [1.165, 1.54) is 25.5 Å². The normalized spacial score (nSPS) is 16.1. The second-order valence-corrected chi connectivity index (χ2v) is 7.40. The number of carbonyl (C=O) groups excluding carboxylic acids is 1. The lowest BCUT2D eigenvalue weighted by Gasteiger charge is -2.08. The van der Waals surface area contributed by atoms with E-state index in [1.54, 1.807) is 12.1 Å². The molecule has 4 N–H and O–H groups in total. The maximum absolute atomic E-state index is 12.6. The summed E-state index contributed by atoms with van der Waals surface area (Å²) < 4.78 is 37.7. The number of hydrogen-bond acceptors (Lipinski definition) is 9. The minimum Gasteiger partial charge on any atom is -0.481 e. The number of aromatic nitrogens is 2. The summed E-state index contributed by atoms with van der Waals surface area (Å²) in [5.74, 6) is 0.0850. The summed E-state index contributed by atoms with van der Waals surface area (Å²) in [7, 11) is -2.49. The molecule has 13 heteroatoms. The highest BCUT2D eigenvalue weighted by Crippen LogP contribution is 2.34. The molecule has 1 aliphatic rings. The minimum atomic E-state index is -3.89. The lowest BCUT2D eigenvalue weighted by atomic mass is 10.2. The summed E-state index contributed by atoms with van der Waals surface area (Å²) in [4.78, 5) is 18.3. The molecular weight excluding hydrogens is 390 g/mol. The fourth-order valence-electron chi connectivity index (χ4n) is 2.75. The standard InChI is InChI=1S/C15H13N7O5S/c1-26-12-5-9-8-4-7(28(24,25)21-11-6-17-22-20-11)2-3-10(8)18-13(9)14(19-12)27-15(16)23/h2-6,11,18,21H,1H3,(H2,16,23). The van der Waals surface area contributed by atoms with Crippen molar-refractivity contribution in [1.82, 2.24) is 14.7 Å². The first-order valence-electron chi connectivity index (χ1n) is 7.81. The maximum Gasteiger partial charge on any atom is 0.411 e. The van der Waals surface area contributed by atoms with Crippen LogP contribution in [0, 0.1) is 0 Å². The molecule has 3 aromatic rings. The van der Waals surface area contributed by atoms with Gasteiger partial charge in [-0.1, -0.05) is 0 Å². The van der Waals surface area contributed by atoms with Crippen molar-refractivity contribution < 1.29 is 22.7 Å². The molecule has 1 unspecified atom stereocenters. The van der Waals surface area contributed by atoms with Gasteiger partial charge in [-0.15, -0.1) is 10.2 Å². The molecule has 0 fully saturated rings. The van der Waals surface area contributed by atoms with Gasteiger partial charge in [-0.25, -0.2) is 13.2 Å². The molecule has 1 aromatic carbocycles. The van der Waals surface area contributed by atoms with E-state index in [4.69, 9.17) is 15.2 Å². The summed E-state index contributed by atoms with van der Waals surface area (Å²) in [6.45, 7) is 0. The number of nitrogens with zero attached hydrogens (tertiary/aromatic N) is 4. The number of carbonyl (C=O) groups is 1. The molecule has 3 heterocycles. The molecule has 1 amide bonds. The minimum absolute atomic E-state index is 0.00421. The second kappa shape index (κ2) is 6.54. The Bertz CT molecular complexity index is 1250. The molecule has 1 atom stereocenters. The molecule has 4 rings (SSSR count). The predicted octanol–water partition coefficient (Wildman–Crippen LogP) is 1.24. The van der Waals surface area contributed by atoms with Gasteiger partial charge in [0.2, 0.25) is 15.9 Å². The zero-order valence-corrected chi connectivity index (χ0v) is 15.1. The van der Waals surface area contributed by atoms with Crippen molar-refractivity contribution in [3.63, 3.8) is 0 Å². The number of amides is 1. The first kappa shape index (κ1) is 17.8. The van der Waals surface area contributed by atoms with Crippen LogP contribution in [0.3, 0.4) is 0 Å². The molecule has 0 bridgehead atoms. The topological polar surface area (TPSA) is 173 Å². The number of aromatic amines is 1. The van der Waals surface area contributed by atoms with Crippen LogP contribution >= 0.6 is 0 Å². The highest BCUT2D eigenvalue weighted by Gasteiger charge is 2.22. The number of methoxy groups -OCH3 is 1. The van der Waals surface area contributed by atoms with E-state index >= 15 is 0 Å². The number of primary amides is 1. The summed E-state index contributed by atoms with van der Waals surface area (Å²) in [6, 6.07) is 6.05. The molecule has 0 saturated carbocycles. The molecule has 0 radical (unpaired) electrons. The Hall–Kier alpha value is -3.58. The van der Waals surface area contributed by atoms with Crippen molar-refractivity contribution in [3.05, 3.63) is 24.3 Å². The van der Waals surface area contributed by atoms with Gasteiger partial charge in [0, 0.05) is 22.4 Å². The van der Waals surface area contributed by atoms with Crippen LogP contribution in [-0.4, -0.2) is 44.0 Å². The lowest BCUT2D eigenvalue weighted by molar-refractivity contribution is 0.209. The third-order valence-electron chi connectivity index (χ3n) is 3.93. The number of H-pyrrole nitrogens is 1. The molecule has 28 heavy (non-hydrogen) atoms. The average Bonchev–Trinajstić information content (AvgIpc) is 3.27. The first-order valence-corrected chi connectivity index (χ1v) is 9.29. The van der Waals surface area contributed by atoms with Gasteiger partial charge in [0.25, 0.3) is 5.88 Å². The third kappa shape index (κ3) is 3.12. The Morgan fingerprint density at radius 1 is 1.29 bits per heavy atom. The zero-order valence-electron chi connectivity index (χ0n) is 14.3. The number of ether oxygens (including phenoxy) is 2. The number of fused-ring (bicyclic) bond motifs is 3. The van der Waals surface area contributed by atoms with E-state index in [9.17, 15) is 13.2 Å². The highest BCUT2D eigenvalue weighted by molar-refractivity contribution is 7.89. The number of hydrogen-bond donors (Lipinski definition) is 3. The van der Waals surface area contributed by atoms with Gasteiger partial charge in [-0.2, -0.15) is 9.71 Å². The monoisotopic (exact) mass is 403 g/mol. The molecule has 12 nitrogen and oxygen atoms in total. The van der Waals surface area contributed by atoms with E-state index in [0.717, 1.165) is 0 Å². The highest BCUT2D eigenvalue weighted by atomic mass is 32.2. The molecular formula is C15H13N7O5S. The number of nitrogens with two attached hydrogens (primary N) is 1. The smallest absolute Gasteiger partial charge is 0.411 e. The fourth-order valence-corrected chi connectivity index (χ4v) is 3.83. The summed E-state index contributed by atoms with van der Waals surface area (Å²) in [6.07, 6.45) is -0.629. The van der Waals surface area contributed by atoms with Gasteiger partial charge < -0.3 is 20.2 Å². The van der Waals surface area contributed by atoms with Crippen molar-refractivity contribution in [1.29, 1.82) is 0 Å². The second-order valence-electron chi connectivity index (χ2n) is 5.68. The van der Waals surface area contributed by atoms with E-state index in [-0.39, 0.29) is 16.7 Å². The van der Waals surface area contributed by atoms with Crippen molar-refractivity contribution in [3.8, 4) is 11.8 Å². The average molecular weight is 403 g/mol. The van der Waals surface area contributed by atoms with Gasteiger partial charge in [0.15, 0.2) is 6.17 Å². The van der Waals surface area contributed by atoms with Crippen molar-refractivity contribution >= 4 is 44.1 Å². The Morgan fingerprint density at radius 2 is 2.11 bits per heavy atom. The van der Waals surface area contributed by atoms with Crippen LogP contribution in [0.4, 0.5) is 4.79 Å². The van der Waals surface area contributed by atoms with Crippen LogP contribution in [0.25, 0.3) is 21.8 Å². The number of sulfonamides is 1. The van der Waals surface area contributed by atoms with Gasteiger partial charge in [-0.05, 0) is 23.4 Å².